The van der Waals surface area contributed by atoms with Crippen LogP contribution >= 0.6 is 11.8 Å². The minimum absolute atomic E-state index is 0.228. The molecule has 5 heteroatoms. The van der Waals surface area contributed by atoms with Gasteiger partial charge in [-0.3, -0.25) is 0 Å². The lowest BCUT2D eigenvalue weighted by Gasteiger charge is -2.36. The van der Waals surface area contributed by atoms with Crippen molar-refractivity contribution in [1.82, 2.24) is 0 Å². The van der Waals surface area contributed by atoms with Crippen LogP contribution in [0.1, 0.15) is 11.1 Å². The molecule has 0 unspecified atom stereocenters. The van der Waals surface area contributed by atoms with Gasteiger partial charge in [-0.2, -0.15) is 0 Å². The molecule has 4 nitrogen and oxygen atoms in total. The van der Waals surface area contributed by atoms with E-state index >= 15 is 0 Å². The molecule has 1 saturated heterocycles. The standard InChI is InChI=1S/C20H23O4S/c1-14-7-9-16(10-8-14)25-19-11-17(21)20(22)18(24-19)13-23-12-15-5-3-2-4-6-15/h2-11,17-22H,12-13H2,1H3/t17-,18+,19-,20+/m0/s1. The average Bonchev–Trinajstić information content (AvgIpc) is 2.62. The van der Waals surface area contributed by atoms with Crippen LogP contribution in [-0.4, -0.2) is 40.6 Å². The molecule has 1 heterocycles. The predicted molar refractivity (Wildman–Crippen MR) is 98.1 cm³/mol. The first kappa shape index (κ1) is 18.4. The van der Waals surface area contributed by atoms with Gasteiger partial charge in [-0.15, -0.1) is 0 Å². The molecule has 133 valence electrons. The van der Waals surface area contributed by atoms with Crippen LogP contribution in [0.15, 0.2) is 59.5 Å². The Morgan fingerprint density at radius 1 is 1.04 bits per heavy atom. The Morgan fingerprint density at radius 3 is 2.48 bits per heavy atom. The molecule has 1 fully saturated rings. The molecule has 3 rings (SSSR count). The van der Waals surface area contributed by atoms with Crippen LogP contribution in [0.25, 0.3) is 0 Å². The summed E-state index contributed by atoms with van der Waals surface area (Å²) in [5, 5.41) is 20.3. The summed E-state index contributed by atoms with van der Waals surface area (Å²) in [6.07, 6.45) is -0.845. The summed E-state index contributed by atoms with van der Waals surface area (Å²) in [5.41, 5.74) is 1.93. The Bertz CT molecular complexity index is 647. The van der Waals surface area contributed by atoms with E-state index in [-0.39, 0.29) is 12.0 Å². The van der Waals surface area contributed by atoms with Gasteiger partial charge in [0.25, 0.3) is 0 Å². The number of hydrogen-bond acceptors (Lipinski definition) is 5. The molecular formula is C20H23O4S. The molecule has 0 aromatic heterocycles. The Balaban J connectivity index is 1.54. The topological polar surface area (TPSA) is 58.9 Å². The van der Waals surface area contributed by atoms with Crippen molar-refractivity contribution in [2.45, 2.75) is 42.2 Å². The average molecular weight is 359 g/mol. The minimum Gasteiger partial charge on any atom is -0.390 e. The summed E-state index contributed by atoms with van der Waals surface area (Å²) < 4.78 is 11.6. The number of hydrogen-bond donors (Lipinski definition) is 2. The Hall–Kier alpha value is -1.37. The van der Waals surface area contributed by atoms with E-state index in [9.17, 15) is 10.2 Å². The molecule has 4 atom stereocenters. The second kappa shape index (κ2) is 8.83. The first-order chi connectivity index (χ1) is 12.1. The van der Waals surface area contributed by atoms with Crippen LogP contribution in [0.4, 0.5) is 0 Å². The third kappa shape index (κ3) is 5.30. The molecule has 0 amide bonds. The van der Waals surface area contributed by atoms with Gasteiger partial charge in [-0.05, 0) is 24.6 Å². The number of aliphatic hydroxyl groups is 2. The number of benzene rings is 2. The fourth-order valence-corrected chi connectivity index (χ4v) is 3.62. The molecule has 1 aliphatic rings. The van der Waals surface area contributed by atoms with E-state index in [2.05, 4.69) is 0 Å². The van der Waals surface area contributed by atoms with E-state index in [1.165, 1.54) is 17.3 Å². The number of aliphatic hydroxyl groups excluding tert-OH is 2. The van der Waals surface area contributed by atoms with Crippen molar-refractivity contribution in [2.24, 2.45) is 0 Å². The minimum atomic E-state index is -0.981. The van der Waals surface area contributed by atoms with Crippen molar-refractivity contribution in [1.29, 1.82) is 0 Å². The van der Waals surface area contributed by atoms with Gasteiger partial charge in [0, 0.05) is 11.3 Å². The van der Waals surface area contributed by atoms with Crippen LogP contribution < -0.4 is 0 Å². The molecule has 2 N–H and O–H groups in total. The quantitative estimate of drug-likeness (QED) is 0.830. The SMILES string of the molecule is Cc1ccc(S[C@H]2[CH][C@H](O)[C@@H](O)[C@@H](COCc3ccccc3)O2)cc1. The van der Waals surface area contributed by atoms with E-state index < -0.39 is 18.3 Å². The highest BCUT2D eigenvalue weighted by Gasteiger charge is 2.37. The molecular weight excluding hydrogens is 336 g/mol. The first-order valence-electron chi connectivity index (χ1n) is 8.33. The zero-order valence-electron chi connectivity index (χ0n) is 14.1. The fraction of sp³-hybridized carbons (Fsp3) is 0.350. The molecule has 25 heavy (non-hydrogen) atoms. The Kier molecular flexibility index (Phi) is 6.51. The van der Waals surface area contributed by atoms with E-state index in [0.29, 0.717) is 6.61 Å². The van der Waals surface area contributed by atoms with Gasteiger partial charge in [0.05, 0.1) is 19.3 Å². The lowest BCUT2D eigenvalue weighted by Crippen LogP contribution is -2.49. The summed E-state index contributed by atoms with van der Waals surface area (Å²) in [5.74, 6) is 0. The zero-order valence-corrected chi connectivity index (χ0v) is 14.9. The van der Waals surface area contributed by atoms with Crippen molar-refractivity contribution in [3.8, 4) is 0 Å². The first-order valence-corrected chi connectivity index (χ1v) is 9.21. The molecule has 1 radical (unpaired) electrons. The predicted octanol–water partition coefficient (Wildman–Crippen LogP) is 2.95. The molecule has 1 aliphatic heterocycles. The molecule has 0 aliphatic carbocycles. The van der Waals surface area contributed by atoms with E-state index in [1.807, 2.05) is 61.5 Å². The monoisotopic (exact) mass is 359 g/mol. The van der Waals surface area contributed by atoms with Crippen molar-refractivity contribution in [2.75, 3.05) is 6.61 Å². The van der Waals surface area contributed by atoms with E-state index in [4.69, 9.17) is 9.47 Å². The van der Waals surface area contributed by atoms with Gasteiger partial charge < -0.3 is 19.7 Å². The summed E-state index contributed by atoms with van der Waals surface area (Å²) in [6.45, 7) is 2.72. The van der Waals surface area contributed by atoms with Crippen LogP contribution in [0, 0.1) is 13.3 Å². The van der Waals surface area contributed by atoms with Crippen LogP contribution in [0.3, 0.4) is 0 Å². The van der Waals surface area contributed by atoms with Crippen molar-refractivity contribution < 1.29 is 19.7 Å². The van der Waals surface area contributed by atoms with Gasteiger partial charge in [0.15, 0.2) is 0 Å². The van der Waals surface area contributed by atoms with E-state index in [0.717, 1.165) is 10.5 Å². The Morgan fingerprint density at radius 2 is 1.76 bits per heavy atom. The smallest absolute Gasteiger partial charge is 0.114 e. The van der Waals surface area contributed by atoms with Crippen molar-refractivity contribution in [3.05, 3.63) is 72.1 Å². The highest BCUT2D eigenvalue weighted by Crippen LogP contribution is 2.32. The molecule has 2 aromatic rings. The summed E-state index contributed by atoms with van der Waals surface area (Å²) >= 11 is 1.51. The highest BCUT2D eigenvalue weighted by atomic mass is 32.2. The molecule has 0 saturated carbocycles. The van der Waals surface area contributed by atoms with Crippen LogP contribution in [0.2, 0.25) is 0 Å². The third-order valence-corrected chi connectivity index (χ3v) is 5.11. The maximum atomic E-state index is 10.2. The van der Waals surface area contributed by atoms with Gasteiger partial charge in [0.2, 0.25) is 0 Å². The summed E-state index contributed by atoms with van der Waals surface area (Å²) in [6, 6.07) is 18.0. The highest BCUT2D eigenvalue weighted by molar-refractivity contribution is 7.99. The summed E-state index contributed by atoms with van der Waals surface area (Å²) in [4.78, 5) is 1.05. The molecule has 2 aromatic carbocycles. The lowest BCUT2D eigenvalue weighted by molar-refractivity contribution is -0.143. The van der Waals surface area contributed by atoms with Gasteiger partial charge in [-0.1, -0.05) is 59.8 Å². The van der Waals surface area contributed by atoms with E-state index in [1.54, 1.807) is 6.42 Å². The van der Waals surface area contributed by atoms with Crippen molar-refractivity contribution >= 4 is 11.8 Å². The maximum Gasteiger partial charge on any atom is 0.114 e. The normalized spacial score (nSPS) is 26.5. The number of aryl methyl sites for hydroxylation is 1. The van der Waals surface area contributed by atoms with Gasteiger partial charge in [0.1, 0.15) is 17.6 Å². The number of rotatable bonds is 6. The lowest BCUT2D eigenvalue weighted by atomic mass is 10.0. The second-order valence-electron chi connectivity index (χ2n) is 6.15. The molecule has 0 spiro atoms. The fourth-order valence-electron chi connectivity index (χ4n) is 2.62. The van der Waals surface area contributed by atoms with Gasteiger partial charge in [-0.25, -0.2) is 0 Å². The Labute approximate surface area is 152 Å². The summed E-state index contributed by atoms with van der Waals surface area (Å²) in [7, 11) is 0. The number of thioether (sulfide) groups is 1. The maximum absolute atomic E-state index is 10.2. The van der Waals surface area contributed by atoms with Gasteiger partial charge >= 0.3 is 0 Å². The van der Waals surface area contributed by atoms with Crippen LogP contribution in [-0.2, 0) is 16.1 Å². The van der Waals surface area contributed by atoms with Crippen LogP contribution in [0.5, 0.6) is 0 Å². The second-order valence-corrected chi connectivity index (χ2v) is 7.32. The number of ether oxygens (including phenoxy) is 2. The zero-order chi connectivity index (χ0) is 17.6. The largest absolute Gasteiger partial charge is 0.390 e. The molecule has 0 bridgehead atoms. The third-order valence-electron chi connectivity index (χ3n) is 4.06. The van der Waals surface area contributed by atoms with Crippen molar-refractivity contribution in [3.63, 3.8) is 0 Å².